The normalized spacial score (nSPS) is 10.1. The minimum absolute atomic E-state index is 0.0973. The first-order valence-corrected chi connectivity index (χ1v) is 6.03. The number of nitrogens with zero attached hydrogens (tertiary/aromatic N) is 1. The molecule has 0 aliphatic heterocycles. The first-order valence-electron chi connectivity index (χ1n) is 6.03. The van der Waals surface area contributed by atoms with Gasteiger partial charge in [0.1, 0.15) is 5.75 Å². The van der Waals surface area contributed by atoms with Crippen LogP contribution in [0.5, 0.6) is 5.75 Å². The van der Waals surface area contributed by atoms with Crippen molar-refractivity contribution in [2.45, 2.75) is 6.92 Å². The summed E-state index contributed by atoms with van der Waals surface area (Å²) in [6.45, 7) is 1.77. The molecule has 0 atom stereocenters. The highest BCUT2D eigenvalue weighted by Crippen LogP contribution is 2.28. The lowest BCUT2D eigenvalue weighted by atomic mass is 10.1. The Morgan fingerprint density at radius 3 is 2.57 bits per heavy atom. The lowest BCUT2D eigenvalue weighted by Crippen LogP contribution is -2.12. The number of nitrogens with one attached hydrogen (secondary N) is 1. The van der Waals surface area contributed by atoms with Crippen molar-refractivity contribution < 1.29 is 14.8 Å². The first kappa shape index (κ1) is 14.3. The van der Waals surface area contributed by atoms with E-state index >= 15 is 0 Å². The average molecular weight is 287 g/mol. The van der Waals surface area contributed by atoms with Crippen LogP contribution in [-0.4, -0.2) is 15.9 Å². The quantitative estimate of drug-likeness (QED) is 0.347. The molecule has 0 heterocycles. The number of hydrogen-bond acceptors (Lipinski definition) is 5. The number of hydrogen-bond donors (Lipinski definition) is 3. The summed E-state index contributed by atoms with van der Waals surface area (Å²) in [4.78, 5) is 22.0. The number of benzene rings is 2. The van der Waals surface area contributed by atoms with E-state index in [0.29, 0.717) is 11.3 Å². The first-order chi connectivity index (χ1) is 9.88. The Morgan fingerprint density at radius 1 is 1.29 bits per heavy atom. The van der Waals surface area contributed by atoms with E-state index in [4.69, 9.17) is 5.73 Å². The summed E-state index contributed by atoms with van der Waals surface area (Å²) in [7, 11) is 0. The number of aryl methyl sites for hydroxylation is 1. The molecule has 1 amide bonds. The zero-order valence-corrected chi connectivity index (χ0v) is 11.2. The Hall–Kier alpha value is -3.09. The van der Waals surface area contributed by atoms with Gasteiger partial charge in [-0.15, -0.1) is 0 Å². The summed E-state index contributed by atoms with van der Waals surface area (Å²) >= 11 is 0. The number of nitro groups is 1. The Balaban J connectivity index is 2.23. The summed E-state index contributed by atoms with van der Waals surface area (Å²) < 4.78 is 0. The molecule has 4 N–H and O–H groups in total. The number of non-ortho nitro benzene ring substituents is 1. The summed E-state index contributed by atoms with van der Waals surface area (Å²) in [6, 6.07) is 8.23. The monoisotopic (exact) mass is 287 g/mol. The van der Waals surface area contributed by atoms with Gasteiger partial charge in [0.2, 0.25) is 0 Å². The molecule has 0 spiro atoms. The lowest BCUT2D eigenvalue weighted by Gasteiger charge is -2.08. The van der Waals surface area contributed by atoms with Crippen LogP contribution in [0, 0.1) is 17.0 Å². The minimum atomic E-state index is -0.630. The molecule has 7 nitrogen and oxygen atoms in total. The zero-order chi connectivity index (χ0) is 15.6. The van der Waals surface area contributed by atoms with Gasteiger partial charge in [0.15, 0.2) is 0 Å². The van der Waals surface area contributed by atoms with Crippen molar-refractivity contribution >= 4 is 23.0 Å². The highest BCUT2D eigenvalue weighted by molar-refractivity contribution is 6.05. The van der Waals surface area contributed by atoms with Gasteiger partial charge in [0.25, 0.3) is 11.6 Å². The van der Waals surface area contributed by atoms with Crippen LogP contribution in [-0.2, 0) is 0 Å². The third-order valence-corrected chi connectivity index (χ3v) is 2.97. The molecule has 108 valence electrons. The number of carbonyl (C=O) groups is 1. The van der Waals surface area contributed by atoms with E-state index in [-0.39, 0.29) is 17.1 Å². The van der Waals surface area contributed by atoms with Crippen molar-refractivity contribution in [1.29, 1.82) is 0 Å². The zero-order valence-electron chi connectivity index (χ0n) is 11.2. The number of nitrogens with two attached hydrogens (primary N) is 1. The lowest BCUT2D eigenvalue weighted by molar-refractivity contribution is -0.384. The van der Waals surface area contributed by atoms with E-state index in [0.717, 1.165) is 11.6 Å². The van der Waals surface area contributed by atoms with Crippen molar-refractivity contribution in [2.75, 3.05) is 11.1 Å². The third-order valence-electron chi connectivity index (χ3n) is 2.97. The maximum atomic E-state index is 12.1. The van der Waals surface area contributed by atoms with Gasteiger partial charge >= 0.3 is 0 Å². The van der Waals surface area contributed by atoms with Crippen LogP contribution in [0.2, 0.25) is 0 Å². The van der Waals surface area contributed by atoms with Crippen LogP contribution >= 0.6 is 0 Å². The number of carbonyl (C=O) groups excluding carboxylic acids is 1. The second kappa shape index (κ2) is 5.49. The Bertz CT molecular complexity index is 728. The van der Waals surface area contributed by atoms with Gasteiger partial charge in [-0.2, -0.15) is 0 Å². The molecule has 0 fully saturated rings. The summed E-state index contributed by atoms with van der Waals surface area (Å²) in [6.07, 6.45) is 0. The maximum Gasteiger partial charge on any atom is 0.273 e. The van der Waals surface area contributed by atoms with Gasteiger partial charge in [-0.1, -0.05) is 0 Å². The highest BCUT2D eigenvalue weighted by atomic mass is 16.6. The number of rotatable bonds is 3. The second-order valence-corrected chi connectivity index (χ2v) is 4.48. The summed E-state index contributed by atoms with van der Waals surface area (Å²) in [5.41, 5.74) is 7.22. The van der Waals surface area contributed by atoms with E-state index in [1.54, 1.807) is 25.1 Å². The molecule has 2 aromatic carbocycles. The molecule has 2 aromatic rings. The molecule has 0 bridgehead atoms. The van der Waals surface area contributed by atoms with Gasteiger partial charge in [0, 0.05) is 17.3 Å². The molecule has 0 aliphatic carbocycles. The van der Waals surface area contributed by atoms with Crippen molar-refractivity contribution in [3.63, 3.8) is 0 Å². The van der Waals surface area contributed by atoms with Gasteiger partial charge in [-0.25, -0.2) is 0 Å². The van der Waals surface area contributed by atoms with Crippen molar-refractivity contribution in [3.05, 3.63) is 57.6 Å². The van der Waals surface area contributed by atoms with Crippen molar-refractivity contribution in [3.8, 4) is 5.75 Å². The van der Waals surface area contributed by atoms with Gasteiger partial charge in [-0.05, 0) is 36.8 Å². The SMILES string of the molecule is Cc1cc(C(=O)Nc2ccc([N+](=O)[O-])cc2O)ccc1N. The number of aromatic hydroxyl groups is 1. The molecule has 0 radical (unpaired) electrons. The second-order valence-electron chi connectivity index (χ2n) is 4.48. The molecule has 2 rings (SSSR count). The molecule has 0 saturated heterocycles. The average Bonchev–Trinajstić information content (AvgIpc) is 2.43. The van der Waals surface area contributed by atoms with Crippen LogP contribution in [0.15, 0.2) is 36.4 Å². The Kier molecular flexibility index (Phi) is 3.75. The van der Waals surface area contributed by atoms with Crippen LogP contribution in [0.25, 0.3) is 0 Å². The van der Waals surface area contributed by atoms with E-state index in [9.17, 15) is 20.0 Å². The van der Waals surface area contributed by atoms with E-state index in [2.05, 4.69) is 5.32 Å². The van der Waals surface area contributed by atoms with E-state index < -0.39 is 10.8 Å². The van der Waals surface area contributed by atoms with Gasteiger partial charge < -0.3 is 16.2 Å². The number of phenolic OH excluding ortho intramolecular Hbond substituents is 1. The van der Waals surface area contributed by atoms with Crippen molar-refractivity contribution in [2.24, 2.45) is 0 Å². The number of nitrogen functional groups attached to an aromatic ring is 1. The molecule has 0 saturated carbocycles. The third kappa shape index (κ3) is 3.08. The fourth-order valence-electron chi connectivity index (χ4n) is 1.75. The highest BCUT2D eigenvalue weighted by Gasteiger charge is 2.13. The summed E-state index contributed by atoms with van der Waals surface area (Å²) in [5.74, 6) is -0.813. The number of nitro benzene ring substituents is 1. The van der Waals surface area contributed by atoms with Crippen LogP contribution in [0.3, 0.4) is 0 Å². The van der Waals surface area contributed by atoms with Crippen LogP contribution in [0.1, 0.15) is 15.9 Å². The topological polar surface area (TPSA) is 118 Å². The summed E-state index contributed by atoms with van der Waals surface area (Å²) in [5, 5.41) is 22.8. The molecule has 0 aliphatic rings. The molecular weight excluding hydrogens is 274 g/mol. The van der Waals surface area contributed by atoms with Crippen LogP contribution in [0.4, 0.5) is 17.1 Å². The fraction of sp³-hybridized carbons (Fsp3) is 0.0714. The predicted octanol–water partition coefficient (Wildman–Crippen LogP) is 2.44. The standard InChI is InChI=1S/C14H13N3O4/c1-8-6-9(2-4-11(8)15)14(19)16-12-5-3-10(17(20)21)7-13(12)18/h2-7,18H,15H2,1H3,(H,16,19). The maximum absolute atomic E-state index is 12.1. The Morgan fingerprint density at radius 2 is 2.00 bits per heavy atom. The van der Waals surface area contributed by atoms with E-state index in [1.807, 2.05) is 0 Å². The molecule has 21 heavy (non-hydrogen) atoms. The van der Waals surface area contributed by atoms with Gasteiger partial charge in [-0.3, -0.25) is 14.9 Å². The Labute approximate surface area is 120 Å². The van der Waals surface area contributed by atoms with Crippen LogP contribution < -0.4 is 11.1 Å². The molecular formula is C14H13N3O4. The van der Waals surface area contributed by atoms with Crippen molar-refractivity contribution in [1.82, 2.24) is 0 Å². The smallest absolute Gasteiger partial charge is 0.273 e. The molecule has 0 aromatic heterocycles. The largest absolute Gasteiger partial charge is 0.506 e. The molecule has 0 unspecified atom stereocenters. The number of anilines is 2. The number of amides is 1. The molecule has 7 heteroatoms. The fourth-order valence-corrected chi connectivity index (χ4v) is 1.75. The minimum Gasteiger partial charge on any atom is -0.506 e. The number of phenols is 1. The van der Waals surface area contributed by atoms with E-state index in [1.165, 1.54) is 12.1 Å². The predicted molar refractivity (Wildman–Crippen MR) is 78.3 cm³/mol. The van der Waals surface area contributed by atoms with Gasteiger partial charge in [0.05, 0.1) is 16.7 Å².